The fourth-order valence-corrected chi connectivity index (χ4v) is 3.76. The summed E-state index contributed by atoms with van der Waals surface area (Å²) >= 11 is 0. The molecule has 1 heterocycles. The van der Waals surface area contributed by atoms with Crippen molar-refractivity contribution in [2.45, 2.75) is 27.3 Å². The first-order valence-corrected chi connectivity index (χ1v) is 10.7. The number of rotatable bonds is 7. The maximum absolute atomic E-state index is 13.5. The van der Waals surface area contributed by atoms with Crippen molar-refractivity contribution in [3.63, 3.8) is 0 Å². The average Bonchev–Trinajstić information content (AvgIpc) is 3.02. The molecule has 0 spiro atoms. The molecule has 162 valence electrons. The summed E-state index contributed by atoms with van der Waals surface area (Å²) in [5.41, 5.74) is 5.11. The largest absolute Gasteiger partial charge is 0.494 e. The van der Waals surface area contributed by atoms with Gasteiger partial charge >= 0.3 is 0 Å². The normalized spacial score (nSPS) is 13.7. The number of carbonyl (C=O) groups excluding carboxylic acids is 2. The van der Waals surface area contributed by atoms with Gasteiger partial charge in [0.25, 0.3) is 11.8 Å². The number of benzene rings is 3. The SMILES string of the molecule is CCOc1ccc(C2=C(Nc3cc(C)ccc3C)C(=O)N(Cc3ccccc3)C2=O)cc1. The van der Waals surface area contributed by atoms with Crippen LogP contribution in [0.4, 0.5) is 5.69 Å². The van der Waals surface area contributed by atoms with E-state index >= 15 is 0 Å². The van der Waals surface area contributed by atoms with Crippen LogP contribution in [0, 0.1) is 13.8 Å². The molecule has 0 saturated heterocycles. The zero-order valence-corrected chi connectivity index (χ0v) is 18.5. The van der Waals surface area contributed by atoms with Crippen molar-refractivity contribution in [3.8, 4) is 5.75 Å². The number of hydrogen-bond acceptors (Lipinski definition) is 4. The molecule has 0 radical (unpaired) electrons. The van der Waals surface area contributed by atoms with Crippen molar-refractivity contribution < 1.29 is 14.3 Å². The Balaban J connectivity index is 1.75. The highest BCUT2D eigenvalue weighted by molar-refractivity contribution is 6.36. The van der Waals surface area contributed by atoms with Gasteiger partial charge in [-0.05, 0) is 61.2 Å². The Labute approximate surface area is 188 Å². The second-order valence-corrected chi connectivity index (χ2v) is 7.83. The highest BCUT2D eigenvalue weighted by atomic mass is 16.5. The van der Waals surface area contributed by atoms with Crippen molar-refractivity contribution in [1.82, 2.24) is 4.90 Å². The molecule has 0 aromatic heterocycles. The topological polar surface area (TPSA) is 58.6 Å². The number of imide groups is 1. The van der Waals surface area contributed by atoms with E-state index in [-0.39, 0.29) is 18.4 Å². The molecule has 1 aliphatic heterocycles. The van der Waals surface area contributed by atoms with Gasteiger partial charge in [0.2, 0.25) is 0 Å². The summed E-state index contributed by atoms with van der Waals surface area (Å²) in [6, 6.07) is 22.8. The molecule has 0 unspecified atom stereocenters. The van der Waals surface area contributed by atoms with E-state index in [1.54, 1.807) is 0 Å². The van der Waals surface area contributed by atoms with E-state index in [4.69, 9.17) is 4.74 Å². The van der Waals surface area contributed by atoms with Crippen LogP contribution in [0.25, 0.3) is 5.57 Å². The highest BCUT2D eigenvalue weighted by Gasteiger charge is 2.39. The first-order chi connectivity index (χ1) is 15.5. The lowest BCUT2D eigenvalue weighted by Crippen LogP contribution is -2.32. The Bertz CT molecular complexity index is 1180. The first kappa shape index (κ1) is 21.4. The van der Waals surface area contributed by atoms with E-state index in [0.717, 1.165) is 28.1 Å². The van der Waals surface area contributed by atoms with Gasteiger partial charge in [-0.3, -0.25) is 14.5 Å². The Morgan fingerprint density at radius 3 is 2.28 bits per heavy atom. The predicted octanol–water partition coefficient (Wildman–Crippen LogP) is 5.09. The molecule has 0 saturated carbocycles. The fourth-order valence-electron chi connectivity index (χ4n) is 3.76. The van der Waals surface area contributed by atoms with Crippen LogP contribution < -0.4 is 10.1 Å². The third-order valence-electron chi connectivity index (χ3n) is 5.46. The van der Waals surface area contributed by atoms with Crippen LogP contribution in [-0.2, 0) is 16.1 Å². The minimum atomic E-state index is -0.330. The van der Waals surface area contributed by atoms with Gasteiger partial charge in [0.1, 0.15) is 11.4 Å². The minimum Gasteiger partial charge on any atom is -0.494 e. The molecule has 1 aliphatic rings. The second kappa shape index (κ2) is 9.10. The summed E-state index contributed by atoms with van der Waals surface area (Å²) in [7, 11) is 0. The van der Waals surface area contributed by atoms with Gasteiger partial charge in [-0.2, -0.15) is 0 Å². The van der Waals surface area contributed by atoms with Crippen LogP contribution >= 0.6 is 0 Å². The Hall–Kier alpha value is -3.86. The van der Waals surface area contributed by atoms with E-state index in [9.17, 15) is 9.59 Å². The molecule has 4 rings (SSSR count). The van der Waals surface area contributed by atoms with Gasteiger partial charge in [-0.15, -0.1) is 0 Å². The summed E-state index contributed by atoms with van der Waals surface area (Å²) < 4.78 is 5.53. The third kappa shape index (κ3) is 4.28. The number of nitrogens with zero attached hydrogens (tertiary/aromatic N) is 1. The van der Waals surface area contributed by atoms with Crippen molar-refractivity contribution in [3.05, 3.63) is 101 Å². The molecular weight excluding hydrogens is 400 g/mol. The van der Waals surface area contributed by atoms with Crippen LogP contribution in [0.5, 0.6) is 5.75 Å². The zero-order chi connectivity index (χ0) is 22.7. The maximum atomic E-state index is 13.5. The van der Waals surface area contributed by atoms with E-state index in [1.807, 2.05) is 93.6 Å². The lowest BCUT2D eigenvalue weighted by atomic mass is 10.0. The van der Waals surface area contributed by atoms with Gasteiger partial charge in [-0.1, -0.05) is 54.6 Å². The molecule has 3 aromatic carbocycles. The van der Waals surface area contributed by atoms with Gasteiger partial charge in [0.05, 0.1) is 18.7 Å². The predicted molar refractivity (Wildman–Crippen MR) is 126 cm³/mol. The molecular formula is C27H26N2O3. The summed E-state index contributed by atoms with van der Waals surface area (Å²) in [5.74, 6) is 0.0817. The molecule has 3 aromatic rings. The molecule has 1 N–H and O–H groups in total. The van der Waals surface area contributed by atoms with Gasteiger partial charge in [0.15, 0.2) is 0 Å². The van der Waals surface area contributed by atoms with Crippen LogP contribution in [0.3, 0.4) is 0 Å². The molecule has 2 amide bonds. The Morgan fingerprint density at radius 2 is 1.59 bits per heavy atom. The van der Waals surface area contributed by atoms with Crippen molar-refractivity contribution in [2.24, 2.45) is 0 Å². The summed E-state index contributed by atoms with van der Waals surface area (Å²) in [4.78, 5) is 28.2. The number of carbonyl (C=O) groups is 2. The van der Waals surface area contributed by atoms with E-state index in [0.29, 0.717) is 23.4 Å². The molecule has 5 nitrogen and oxygen atoms in total. The summed E-state index contributed by atoms with van der Waals surface area (Å²) in [5, 5.41) is 3.27. The smallest absolute Gasteiger partial charge is 0.278 e. The van der Waals surface area contributed by atoms with E-state index in [2.05, 4.69) is 5.32 Å². The number of hydrogen-bond donors (Lipinski definition) is 1. The molecule has 5 heteroatoms. The monoisotopic (exact) mass is 426 g/mol. The van der Waals surface area contributed by atoms with Crippen LogP contribution in [0.2, 0.25) is 0 Å². The first-order valence-electron chi connectivity index (χ1n) is 10.7. The number of anilines is 1. The van der Waals surface area contributed by atoms with Gasteiger partial charge < -0.3 is 10.1 Å². The van der Waals surface area contributed by atoms with Crippen LogP contribution in [0.1, 0.15) is 29.2 Å². The lowest BCUT2D eigenvalue weighted by Gasteiger charge is -2.16. The quantitative estimate of drug-likeness (QED) is 0.535. The van der Waals surface area contributed by atoms with Crippen molar-refractivity contribution in [2.75, 3.05) is 11.9 Å². The molecule has 0 bridgehead atoms. The molecule has 0 fully saturated rings. The standard InChI is InChI=1S/C27H26N2O3/c1-4-32-22-14-12-21(13-15-22)24-25(28-23-16-18(2)10-11-19(23)3)27(31)29(26(24)30)17-20-8-6-5-7-9-20/h5-16,28H,4,17H2,1-3H3. The summed E-state index contributed by atoms with van der Waals surface area (Å²) in [6.07, 6.45) is 0. The van der Waals surface area contributed by atoms with Crippen LogP contribution in [-0.4, -0.2) is 23.3 Å². The van der Waals surface area contributed by atoms with E-state index in [1.165, 1.54) is 4.90 Å². The number of nitrogens with one attached hydrogen (secondary N) is 1. The minimum absolute atomic E-state index is 0.219. The average molecular weight is 427 g/mol. The Kier molecular flexibility index (Phi) is 6.08. The van der Waals surface area contributed by atoms with Crippen molar-refractivity contribution >= 4 is 23.1 Å². The Morgan fingerprint density at radius 1 is 0.875 bits per heavy atom. The number of aryl methyl sites for hydroxylation is 2. The van der Waals surface area contributed by atoms with Gasteiger partial charge in [0, 0.05) is 5.69 Å². The zero-order valence-electron chi connectivity index (χ0n) is 18.5. The summed E-state index contributed by atoms with van der Waals surface area (Å²) in [6.45, 7) is 6.67. The fraction of sp³-hybridized carbons (Fsp3) is 0.185. The highest BCUT2D eigenvalue weighted by Crippen LogP contribution is 2.33. The van der Waals surface area contributed by atoms with Crippen molar-refractivity contribution in [1.29, 1.82) is 0 Å². The number of ether oxygens (including phenoxy) is 1. The third-order valence-corrected chi connectivity index (χ3v) is 5.46. The van der Waals surface area contributed by atoms with E-state index < -0.39 is 0 Å². The van der Waals surface area contributed by atoms with Gasteiger partial charge in [-0.25, -0.2) is 0 Å². The van der Waals surface area contributed by atoms with Crippen LogP contribution in [0.15, 0.2) is 78.5 Å². The molecule has 0 aliphatic carbocycles. The second-order valence-electron chi connectivity index (χ2n) is 7.83. The number of amides is 2. The molecule has 32 heavy (non-hydrogen) atoms. The lowest BCUT2D eigenvalue weighted by molar-refractivity contribution is -0.137. The maximum Gasteiger partial charge on any atom is 0.278 e. The molecule has 0 atom stereocenters.